The lowest BCUT2D eigenvalue weighted by molar-refractivity contribution is 0.0697. The maximum atomic E-state index is 11.3. The number of hydrogen-bond acceptors (Lipinski definition) is 4. The second-order valence-electron chi connectivity index (χ2n) is 5.90. The van der Waals surface area contributed by atoms with Crippen LogP contribution in [0.2, 0.25) is 0 Å². The molecule has 1 aromatic rings. The topological polar surface area (TPSA) is 61.8 Å². The minimum Gasteiger partial charge on any atom is -0.497 e. The van der Waals surface area contributed by atoms with E-state index >= 15 is 0 Å². The molecule has 0 atom stereocenters. The molecule has 0 aliphatic heterocycles. The Bertz CT molecular complexity index is 508. The first-order valence-electron chi connectivity index (χ1n) is 7.31. The number of methoxy groups -OCH3 is 1. The minimum absolute atomic E-state index is 0.110. The number of carboxylic acids is 1. The highest BCUT2D eigenvalue weighted by Gasteiger charge is 2.35. The zero-order valence-electron chi connectivity index (χ0n) is 13.0. The number of benzene rings is 1. The first-order chi connectivity index (χ1) is 9.98. The molecule has 0 radical (unpaired) electrons. The van der Waals surface area contributed by atoms with Crippen LogP contribution in [0.3, 0.4) is 0 Å². The maximum absolute atomic E-state index is 11.3. The molecule has 2 rings (SSSR count). The highest BCUT2D eigenvalue weighted by atomic mass is 16.5. The van der Waals surface area contributed by atoms with Crippen LogP contribution in [0.5, 0.6) is 5.75 Å². The van der Waals surface area contributed by atoms with Crippen molar-refractivity contribution in [3.05, 3.63) is 23.8 Å². The predicted octanol–water partition coefficient (Wildman–Crippen LogP) is 2.68. The summed E-state index contributed by atoms with van der Waals surface area (Å²) in [6.45, 7) is 0.743. The van der Waals surface area contributed by atoms with Crippen LogP contribution < -0.4 is 10.1 Å². The molecule has 21 heavy (non-hydrogen) atoms. The Morgan fingerprint density at radius 2 is 2.05 bits per heavy atom. The van der Waals surface area contributed by atoms with E-state index < -0.39 is 5.97 Å². The summed E-state index contributed by atoms with van der Waals surface area (Å²) in [5.41, 5.74) is 1.01. The Hall–Kier alpha value is -1.75. The van der Waals surface area contributed by atoms with Gasteiger partial charge in [0.1, 0.15) is 5.75 Å². The van der Waals surface area contributed by atoms with Crippen molar-refractivity contribution in [2.75, 3.05) is 33.1 Å². The number of nitrogens with zero attached hydrogens (tertiary/aromatic N) is 1. The summed E-state index contributed by atoms with van der Waals surface area (Å²) in [7, 11) is 5.77. The van der Waals surface area contributed by atoms with Crippen LogP contribution in [-0.4, -0.2) is 49.3 Å². The number of anilines is 1. The third-order valence-electron chi connectivity index (χ3n) is 4.55. The van der Waals surface area contributed by atoms with Crippen molar-refractivity contribution >= 4 is 11.7 Å². The minimum atomic E-state index is -0.925. The van der Waals surface area contributed by atoms with Crippen LogP contribution in [0, 0.1) is 0 Å². The fourth-order valence-corrected chi connectivity index (χ4v) is 3.06. The van der Waals surface area contributed by atoms with Gasteiger partial charge in [0.25, 0.3) is 0 Å². The van der Waals surface area contributed by atoms with Gasteiger partial charge in [0.05, 0.1) is 18.4 Å². The van der Waals surface area contributed by atoms with Gasteiger partial charge in [0.15, 0.2) is 0 Å². The number of likely N-dealkylation sites (N-methyl/N-ethyl adjacent to an activating group) is 1. The third kappa shape index (κ3) is 3.29. The van der Waals surface area contributed by atoms with E-state index in [4.69, 9.17) is 4.74 Å². The number of ether oxygens (including phenoxy) is 1. The number of nitrogens with one attached hydrogen (secondary N) is 1. The average Bonchev–Trinajstić information content (AvgIpc) is 2.94. The SMILES string of the molecule is COc1ccc(C(=O)O)c(NCC2(N(C)C)CCCC2)c1. The van der Waals surface area contributed by atoms with Gasteiger partial charge in [-0.1, -0.05) is 12.8 Å². The molecule has 1 aliphatic carbocycles. The van der Waals surface area contributed by atoms with Crippen molar-refractivity contribution in [2.45, 2.75) is 31.2 Å². The molecule has 0 bridgehead atoms. The number of carbonyl (C=O) groups is 1. The number of rotatable bonds is 6. The molecule has 0 spiro atoms. The van der Waals surface area contributed by atoms with E-state index in [1.54, 1.807) is 25.3 Å². The molecule has 0 saturated heterocycles. The lowest BCUT2D eigenvalue weighted by Gasteiger charge is -2.37. The Morgan fingerprint density at radius 3 is 2.57 bits per heavy atom. The molecule has 5 heteroatoms. The van der Waals surface area contributed by atoms with E-state index in [0.717, 1.165) is 19.4 Å². The van der Waals surface area contributed by atoms with Gasteiger partial charge in [-0.2, -0.15) is 0 Å². The van der Waals surface area contributed by atoms with Gasteiger partial charge in [-0.05, 0) is 39.1 Å². The zero-order valence-corrected chi connectivity index (χ0v) is 13.0. The molecule has 0 heterocycles. The zero-order chi connectivity index (χ0) is 15.5. The van der Waals surface area contributed by atoms with Gasteiger partial charge < -0.3 is 20.1 Å². The summed E-state index contributed by atoms with van der Waals surface area (Å²) in [5, 5.41) is 12.6. The lowest BCUT2D eigenvalue weighted by atomic mass is 9.95. The molecule has 5 nitrogen and oxygen atoms in total. The fourth-order valence-electron chi connectivity index (χ4n) is 3.06. The summed E-state index contributed by atoms with van der Waals surface area (Å²) >= 11 is 0. The Balaban J connectivity index is 2.20. The molecular weight excluding hydrogens is 268 g/mol. The smallest absolute Gasteiger partial charge is 0.337 e. The van der Waals surface area contributed by atoms with Crippen LogP contribution in [0.1, 0.15) is 36.0 Å². The van der Waals surface area contributed by atoms with E-state index in [2.05, 4.69) is 24.3 Å². The van der Waals surface area contributed by atoms with Gasteiger partial charge in [0.2, 0.25) is 0 Å². The predicted molar refractivity (Wildman–Crippen MR) is 83.3 cm³/mol. The van der Waals surface area contributed by atoms with E-state index in [0.29, 0.717) is 11.4 Å². The summed E-state index contributed by atoms with van der Waals surface area (Å²) < 4.78 is 5.19. The molecule has 1 aromatic carbocycles. The molecule has 2 N–H and O–H groups in total. The van der Waals surface area contributed by atoms with Crippen molar-refractivity contribution in [1.29, 1.82) is 0 Å². The Kier molecular flexibility index (Phi) is 4.73. The van der Waals surface area contributed by atoms with Crippen molar-refractivity contribution < 1.29 is 14.6 Å². The number of aromatic carboxylic acids is 1. The van der Waals surface area contributed by atoms with Crippen LogP contribution in [0.25, 0.3) is 0 Å². The van der Waals surface area contributed by atoms with Crippen LogP contribution in [0.4, 0.5) is 5.69 Å². The fraction of sp³-hybridized carbons (Fsp3) is 0.562. The second-order valence-corrected chi connectivity index (χ2v) is 5.90. The summed E-state index contributed by atoms with van der Waals surface area (Å²) in [4.78, 5) is 13.6. The van der Waals surface area contributed by atoms with Crippen LogP contribution in [-0.2, 0) is 0 Å². The van der Waals surface area contributed by atoms with E-state index in [-0.39, 0.29) is 11.1 Å². The number of hydrogen-bond donors (Lipinski definition) is 2. The van der Waals surface area contributed by atoms with Crippen LogP contribution >= 0.6 is 0 Å². The summed E-state index contributed by atoms with van der Waals surface area (Å²) in [5.74, 6) is -0.265. The second kappa shape index (κ2) is 6.35. The molecule has 0 amide bonds. The quantitative estimate of drug-likeness (QED) is 0.844. The van der Waals surface area contributed by atoms with E-state index in [1.807, 2.05) is 0 Å². The molecule has 1 aliphatic rings. The van der Waals surface area contributed by atoms with Crippen molar-refractivity contribution in [3.63, 3.8) is 0 Å². The molecule has 1 fully saturated rings. The van der Waals surface area contributed by atoms with Gasteiger partial charge >= 0.3 is 5.97 Å². The Morgan fingerprint density at radius 1 is 1.38 bits per heavy atom. The van der Waals surface area contributed by atoms with E-state index in [1.165, 1.54) is 12.8 Å². The first kappa shape index (κ1) is 15.6. The molecule has 0 aromatic heterocycles. The number of carboxylic acid groups (broad SMARTS) is 1. The van der Waals surface area contributed by atoms with Crippen LogP contribution in [0.15, 0.2) is 18.2 Å². The monoisotopic (exact) mass is 292 g/mol. The normalized spacial score (nSPS) is 17.0. The van der Waals surface area contributed by atoms with Gasteiger partial charge in [-0.3, -0.25) is 0 Å². The maximum Gasteiger partial charge on any atom is 0.337 e. The summed E-state index contributed by atoms with van der Waals surface area (Å²) in [6.07, 6.45) is 4.73. The van der Waals surface area contributed by atoms with E-state index in [9.17, 15) is 9.90 Å². The third-order valence-corrected chi connectivity index (χ3v) is 4.55. The van der Waals surface area contributed by atoms with Crippen molar-refractivity contribution in [1.82, 2.24) is 4.90 Å². The van der Waals surface area contributed by atoms with Crippen molar-refractivity contribution in [2.24, 2.45) is 0 Å². The average molecular weight is 292 g/mol. The van der Waals surface area contributed by atoms with Gasteiger partial charge in [0, 0.05) is 18.2 Å². The van der Waals surface area contributed by atoms with Gasteiger partial charge in [-0.15, -0.1) is 0 Å². The standard InChI is InChI=1S/C16H24N2O3/c1-18(2)16(8-4-5-9-16)11-17-14-10-12(21-3)6-7-13(14)15(19)20/h6-7,10,17H,4-5,8-9,11H2,1-3H3,(H,19,20). The molecule has 116 valence electrons. The lowest BCUT2D eigenvalue weighted by Crippen LogP contribution is -2.47. The highest BCUT2D eigenvalue weighted by molar-refractivity contribution is 5.94. The summed E-state index contributed by atoms with van der Waals surface area (Å²) in [6, 6.07) is 5.01. The Labute approximate surface area is 125 Å². The largest absolute Gasteiger partial charge is 0.497 e. The van der Waals surface area contributed by atoms with Gasteiger partial charge in [-0.25, -0.2) is 4.79 Å². The molecular formula is C16H24N2O3. The molecule has 1 saturated carbocycles. The molecule has 0 unspecified atom stereocenters. The first-order valence-corrected chi connectivity index (χ1v) is 7.31. The highest BCUT2D eigenvalue weighted by Crippen LogP contribution is 2.34. The van der Waals surface area contributed by atoms with Crippen molar-refractivity contribution in [3.8, 4) is 5.75 Å².